The van der Waals surface area contributed by atoms with Crippen LogP contribution in [-0.2, 0) is 21.2 Å². The molecule has 1 aromatic carbocycles. The van der Waals surface area contributed by atoms with Gasteiger partial charge in [-0.2, -0.15) is 0 Å². The Morgan fingerprint density at radius 2 is 1.80 bits per heavy atom. The van der Waals surface area contributed by atoms with Crippen LogP contribution in [0.4, 0.5) is 8.78 Å². The Kier molecular flexibility index (Phi) is 5.18. The van der Waals surface area contributed by atoms with Crippen molar-refractivity contribution < 1.29 is 27.1 Å². The number of rotatable bonds is 6. The van der Waals surface area contributed by atoms with Crippen LogP contribution in [-0.4, -0.2) is 30.8 Å². The fourth-order valence-electron chi connectivity index (χ4n) is 1.59. The van der Waals surface area contributed by atoms with Gasteiger partial charge < -0.3 is 5.11 Å². The molecule has 0 saturated carbocycles. The van der Waals surface area contributed by atoms with Crippen molar-refractivity contribution in [1.29, 1.82) is 0 Å². The maximum Gasteiger partial charge on any atom is 0.323 e. The smallest absolute Gasteiger partial charge is 0.323 e. The normalized spacial score (nSPS) is 14.8. The van der Waals surface area contributed by atoms with Gasteiger partial charge in [0, 0.05) is 11.6 Å². The van der Waals surface area contributed by atoms with Crippen LogP contribution >= 0.6 is 0 Å². The number of aliphatic carboxylic acids is 1. The Labute approximate surface area is 115 Å². The first kappa shape index (κ1) is 16.5. The zero-order valence-corrected chi connectivity index (χ0v) is 11.7. The molecule has 0 radical (unpaired) electrons. The summed E-state index contributed by atoms with van der Waals surface area (Å²) in [5.74, 6) is -3.05. The second kappa shape index (κ2) is 6.27. The third-order valence-corrected chi connectivity index (χ3v) is 4.61. The van der Waals surface area contributed by atoms with Crippen LogP contribution in [0.5, 0.6) is 0 Å². The maximum absolute atomic E-state index is 13.4. The van der Waals surface area contributed by atoms with Crippen LogP contribution in [0.25, 0.3) is 0 Å². The summed E-state index contributed by atoms with van der Waals surface area (Å²) in [5, 5.41) is 7.03. The molecular formula is C12H15F2NO4S. The molecule has 1 aromatic rings. The lowest BCUT2D eigenvalue weighted by Crippen LogP contribution is -2.42. The lowest BCUT2D eigenvalue weighted by Gasteiger charge is -2.17. The van der Waals surface area contributed by atoms with Gasteiger partial charge in [0.05, 0.1) is 0 Å². The summed E-state index contributed by atoms with van der Waals surface area (Å²) >= 11 is 0. The first-order valence-electron chi connectivity index (χ1n) is 5.82. The molecule has 0 aliphatic heterocycles. The number of benzene rings is 1. The molecule has 5 nitrogen and oxygen atoms in total. The summed E-state index contributed by atoms with van der Waals surface area (Å²) in [6.07, 6.45) is -0.218. The highest BCUT2D eigenvalue weighted by Crippen LogP contribution is 2.14. The Balaban J connectivity index is 2.83. The van der Waals surface area contributed by atoms with Gasteiger partial charge in [-0.3, -0.25) is 4.79 Å². The van der Waals surface area contributed by atoms with Gasteiger partial charge in [0.25, 0.3) is 0 Å². The molecule has 2 atom stereocenters. The Bertz CT molecular complexity index is 583. The van der Waals surface area contributed by atoms with E-state index in [4.69, 9.17) is 5.11 Å². The number of hydrogen-bond acceptors (Lipinski definition) is 3. The number of halogens is 2. The van der Waals surface area contributed by atoms with E-state index < -0.39 is 38.9 Å². The fourth-order valence-corrected chi connectivity index (χ4v) is 2.70. The van der Waals surface area contributed by atoms with Crippen LogP contribution in [0.1, 0.15) is 19.4 Å². The molecule has 0 amide bonds. The second-order valence-electron chi connectivity index (χ2n) is 4.45. The lowest BCUT2D eigenvalue weighted by molar-refractivity contribution is -0.136. The van der Waals surface area contributed by atoms with Crippen molar-refractivity contribution in [3.63, 3.8) is 0 Å². The summed E-state index contributed by atoms with van der Waals surface area (Å²) in [4.78, 5) is 10.7. The molecule has 0 bridgehead atoms. The number of carboxylic acid groups (broad SMARTS) is 1. The predicted molar refractivity (Wildman–Crippen MR) is 68.7 cm³/mol. The zero-order valence-electron chi connectivity index (χ0n) is 10.9. The monoisotopic (exact) mass is 307 g/mol. The topological polar surface area (TPSA) is 83.5 Å². The molecule has 0 aromatic heterocycles. The van der Waals surface area contributed by atoms with Gasteiger partial charge in [0.15, 0.2) is 5.25 Å². The lowest BCUT2D eigenvalue weighted by atomic mass is 10.1. The zero-order chi connectivity index (χ0) is 15.5. The Morgan fingerprint density at radius 1 is 1.30 bits per heavy atom. The number of nitrogens with one attached hydrogen (secondary N) is 1. The van der Waals surface area contributed by atoms with Gasteiger partial charge in [0.1, 0.15) is 11.6 Å². The van der Waals surface area contributed by atoms with Crippen molar-refractivity contribution in [2.24, 2.45) is 0 Å². The Hall–Kier alpha value is -1.54. The van der Waals surface area contributed by atoms with Crippen molar-refractivity contribution in [3.8, 4) is 0 Å². The molecular weight excluding hydrogens is 292 g/mol. The summed E-state index contributed by atoms with van der Waals surface area (Å²) < 4.78 is 52.3. The third kappa shape index (κ3) is 3.97. The highest BCUT2D eigenvalue weighted by Gasteiger charge is 2.29. The molecule has 0 aliphatic carbocycles. The number of carboxylic acids is 1. The van der Waals surface area contributed by atoms with E-state index in [0.29, 0.717) is 0 Å². The van der Waals surface area contributed by atoms with Gasteiger partial charge in [-0.25, -0.2) is 21.9 Å². The predicted octanol–water partition coefficient (Wildman–Crippen LogP) is 1.29. The van der Waals surface area contributed by atoms with Gasteiger partial charge in [-0.1, -0.05) is 6.07 Å². The minimum absolute atomic E-state index is 0.218. The van der Waals surface area contributed by atoms with E-state index in [2.05, 4.69) is 4.72 Å². The standard InChI is InChI=1S/C12H15F2NO4S/c1-7(15-20(18,19)8(2)12(16)17)6-9-10(13)4-3-5-11(9)14/h3-5,7-8,15H,6H2,1-2H3,(H,16,17). The number of sulfonamides is 1. The second-order valence-corrected chi connectivity index (χ2v) is 6.48. The first-order valence-corrected chi connectivity index (χ1v) is 7.36. The van der Waals surface area contributed by atoms with E-state index in [1.165, 1.54) is 13.0 Å². The van der Waals surface area contributed by atoms with Gasteiger partial charge >= 0.3 is 5.97 Å². The summed E-state index contributed by atoms with van der Waals surface area (Å²) in [6, 6.07) is 2.50. The van der Waals surface area contributed by atoms with E-state index in [-0.39, 0.29) is 12.0 Å². The molecule has 112 valence electrons. The van der Waals surface area contributed by atoms with Crippen molar-refractivity contribution in [1.82, 2.24) is 4.72 Å². The van der Waals surface area contributed by atoms with Crippen molar-refractivity contribution in [2.75, 3.05) is 0 Å². The van der Waals surface area contributed by atoms with Crippen LogP contribution in [0.2, 0.25) is 0 Å². The largest absolute Gasteiger partial charge is 0.480 e. The van der Waals surface area contributed by atoms with Gasteiger partial charge in [0.2, 0.25) is 10.0 Å². The quantitative estimate of drug-likeness (QED) is 0.829. The van der Waals surface area contributed by atoms with Crippen LogP contribution in [0.3, 0.4) is 0 Å². The minimum Gasteiger partial charge on any atom is -0.480 e. The van der Waals surface area contributed by atoms with Crippen molar-refractivity contribution >= 4 is 16.0 Å². The first-order chi connectivity index (χ1) is 9.15. The SMILES string of the molecule is CC(Cc1c(F)cccc1F)NS(=O)(=O)C(C)C(=O)O. The minimum atomic E-state index is -4.10. The molecule has 8 heteroatoms. The van der Waals surface area contributed by atoms with E-state index >= 15 is 0 Å². The maximum atomic E-state index is 13.4. The van der Waals surface area contributed by atoms with Crippen LogP contribution < -0.4 is 4.72 Å². The van der Waals surface area contributed by atoms with Crippen molar-refractivity contribution in [3.05, 3.63) is 35.4 Å². The molecule has 0 aliphatic rings. The fraction of sp³-hybridized carbons (Fsp3) is 0.417. The van der Waals surface area contributed by atoms with Crippen molar-refractivity contribution in [2.45, 2.75) is 31.6 Å². The van der Waals surface area contributed by atoms with Gasteiger partial charge in [-0.15, -0.1) is 0 Å². The van der Waals surface area contributed by atoms with E-state index in [1.807, 2.05) is 0 Å². The summed E-state index contributed by atoms with van der Waals surface area (Å²) in [7, 11) is -4.10. The van der Waals surface area contributed by atoms with E-state index in [0.717, 1.165) is 19.1 Å². The van der Waals surface area contributed by atoms with E-state index in [1.54, 1.807) is 0 Å². The number of hydrogen-bond donors (Lipinski definition) is 2. The number of carbonyl (C=O) groups is 1. The molecule has 0 spiro atoms. The molecule has 20 heavy (non-hydrogen) atoms. The van der Waals surface area contributed by atoms with Crippen LogP contribution in [0.15, 0.2) is 18.2 Å². The summed E-state index contributed by atoms with van der Waals surface area (Å²) in [5.41, 5.74) is -0.245. The molecule has 0 saturated heterocycles. The molecule has 2 unspecified atom stereocenters. The van der Waals surface area contributed by atoms with E-state index in [9.17, 15) is 22.0 Å². The molecule has 1 rings (SSSR count). The van der Waals surface area contributed by atoms with Gasteiger partial charge in [-0.05, 0) is 32.4 Å². The third-order valence-electron chi connectivity index (χ3n) is 2.75. The average molecular weight is 307 g/mol. The highest BCUT2D eigenvalue weighted by atomic mass is 32.2. The highest BCUT2D eigenvalue weighted by molar-refractivity contribution is 7.90. The van der Waals surface area contributed by atoms with Crippen LogP contribution in [0, 0.1) is 11.6 Å². The Morgan fingerprint density at radius 3 is 2.25 bits per heavy atom. The average Bonchev–Trinajstić information content (AvgIpc) is 2.32. The molecule has 0 heterocycles. The molecule has 0 fully saturated rings. The summed E-state index contributed by atoms with van der Waals surface area (Å²) in [6.45, 7) is 2.42. The molecule has 2 N–H and O–H groups in total.